The molecular weight excluding hydrogens is 420 g/mol. The molecule has 4 heterocycles. The molecule has 0 atom stereocenters. The summed E-state index contributed by atoms with van der Waals surface area (Å²) in [4.78, 5) is 26.2. The van der Waals surface area contributed by atoms with Crippen molar-refractivity contribution in [3.8, 4) is 34.1 Å². The lowest BCUT2D eigenvalue weighted by molar-refractivity contribution is 0.102. The zero-order chi connectivity index (χ0) is 23.4. The Kier molecular flexibility index (Phi) is 6.30. The van der Waals surface area contributed by atoms with Gasteiger partial charge in [-0.15, -0.1) is 0 Å². The van der Waals surface area contributed by atoms with Crippen molar-refractivity contribution in [1.82, 2.24) is 24.7 Å². The summed E-state index contributed by atoms with van der Waals surface area (Å²) < 4.78 is 12.7. The standard InChI is InChI=1S/C24H24N6O3/c1-15(2)33-21-10-9-19(27-22(21)16-6-5-11-25-12-16)24(31)28-20-14-30(3)29-23(20)18-8-7-17(32-4)13-26-18/h5-15H,1-4H3,(H,28,31). The number of nitrogens with one attached hydrogen (secondary N) is 1. The molecule has 1 amide bonds. The van der Waals surface area contributed by atoms with Gasteiger partial charge in [0, 0.05) is 31.2 Å². The molecule has 0 saturated heterocycles. The number of anilines is 1. The second-order valence-electron chi connectivity index (χ2n) is 7.55. The lowest BCUT2D eigenvalue weighted by atomic mass is 10.1. The Balaban J connectivity index is 1.65. The average molecular weight is 444 g/mol. The first-order chi connectivity index (χ1) is 15.9. The summed E-state index contributed by atoms with van der Waals surface area (Å²) in [7, 11) is 3.35. The lowest BCUT2D eigenvalue weighted by Gasteiger charge is -2.14. The second-order valence-corrected chi connectivity index (χ2v) is 7.55. The van der Waals surface area contributed by atoms with Crippen molar-refractivity contribution in [2.75, 3.05) is 12.4 Å². The van der Waals surface area contributed by atoms with Gasteiger partial charge in [0.15, 0.2) is 0 Å². The molecule has 4 aromatic rings. The van der Waals surface area contributed by atoms with Crippen LogP contribution in [0.2, 0.25) is 0 Å². The van der Waals surface area contributed by atoms with Gasteiger partial charge in [-0.1, -0.05) is 0 Å². The van der Waals surface area contributed by atoms with E-state index in [0.29, 0.717) is 34.3 Å². The zero-order valence-corrected chi connectivity index (χ0v) is 18.8. The van der Waals surface area contributed by atoms with Crippen LogP contribution in [-0.4, -0.2) is 43.9 Å². The third-order valence-corrected chi connectivity index (χ3v) is 4.68. The molecule has 33 heavy (non-hydrogen) atoms. The summed E-state index contributed by atoms with van der Waals surface area (Å²) in [6.07, 6.45) is 6.64. The van der Waals surface area contributed by atoms with Crippen LogP contribution in [-0.2, 0) is 7.05 Å². The summed E-state index contributed by atoms with van der Waals surface area (Å²) in [6, 6.07) is 10.6. The van der Waals surface area contributed by atoms with Crippen LogP contribution in [0.15, 0.2) is 61.2 Å². The molecule has 0 radical (unpaired) electrons. The van der Waals surface area contributed by atoms with E-state index in [9.17, 15) is 4.79 Å². The molecule has 4 aromatic heterocycles. The normalized spacial score (nSPS) is 10.8. The van der Waals surface area contributed by atoms with E-state index < -0.39 is 0 Å². The largest absolute Gasteiger partial charge is 0.495 e. The Morgan fingerprint density at radius 3 is 2.61 bits per heavy atom. The number of hydrogen-bond donors (Lipinski definition) is 1. The third kappa shape index (κ3) is 4.98. The fourth-order valence-electron chi connectivity index (χ4n) is 3.23. The number of amides is 1. The van der Waals surface area contributed by atoms with Crippen LogP contribution < -0.4 is 14.8 Å². The summed E-state index contributed by atoms with van der Waals surface area (Å²) in [5, 5.41) is 7.35. The smallest absolute Gasteiger partial charge is 0.274 e. The molecule has 0 aliphatic carbocycles. The summed E-state index contributed by atoms with van der Waals surface area (Å²) in [5.41, 5.74) is 3.21. The zero-order valence-electron chi connectivity index (χ0n) is 18.8. The molecular formula is C24H24N6O3. The first-order valence-electron chi connectivity index (χ1n) is 10.4. The Morgan fingerprint density at radius 2 is 1.94 bits per heavy atom. The van der Waals surface area contributed by atoms with Gasteiger partial charge in [-0.2, -0.15) is 5.10 Å². The van der Waals surface area contributed by atoms with Gasteiger partial charge in [0.05, 0.1) is 30.8 Å². The minimum absolute atomic E-state index is 0.0446. The molecule has 0 saturated carbocycles. The van der Waals surface area contributed by atoms with Crippen molar-refractivity contribution in [3.05, 3.63) is 66.9 Å². The lowest BCUT2D eigenvalue weighted by Crippen LogP contribution is -2.15. The van der Waals surface area contributed by atoms with Crippen LogP contribution in [0.4, 0.5) is 5.69 Å². The van der Waals surface area contributed by atoms with Crippen molar-refractivity contribution in [3.63, 3.8) is 0 Å². The number of methoxy groups -OCH3 is 1. The van der Waals surface area contributed by atoms with Gasteiger partial charge in [0.1, 0.15) is 28.6 Å². The Bertz CT molecular complexity index is 1250. The van der Waals surface area contributed by atoms with E-state index in [1.54, 1.807) is 67.9 Å². The highest BCUT2D eigenvalue weighted by Crippen LogP contribution is 2.30. The molecule has 9 heteroatoms. The van der Waals surface area contributed by atoms with Crippen LogP contribution in [0.1, 0.15) is 24.3 Å². The van der Waals surface area contributed by atoms with Crippen molar-refractivity contribution < 1.29 is 14.3 Å². The molecule has 0 aliphatic heterocycles. The molecule has 168 valence electrons. The van der Waals surface area contributed by atoms with E-state index in [4.69, 9.17) is 9.47 Å². The van der Waals surface area contributed by atoms with E-state index in [0.717, 1.165) is 5.56 Å². The molecule has 0 bridgehead atoms. The SMILES string of the molecule is COc1ccc(-c2nn(C)cc2NC(=O)c2ccc(OC(C)C)c(-c3cccnc3)n2)nc1. The number of carbonyl (C=O) groups is 1. The summed E-state index contributed by atoms with van der Waals surface area (Å²) >= 11 is 0. The number of pyridine rings is 3. The quantitative estimate of drug-likeness (QED) is 0.460. The Labute approximate surface area is 191 Å². The monoisotopic (exact) mass is 444 g/mol. The highest BCUT2D eigenvalue weighted by molar-refractivity contribution is 6.05. The number of carbonyl (C=O) groups excluding carboxylic acids is 1. The second kappa shape index (κ2) is 9.47. The van der Waals surface area contributed by atoms with Gasteiger partial charge in [0.25, 0.3) is 5.91 Å². The highest BCUT2D eigenvalue weighted by Gasteiger charge is 2.19. The van der Waals surface area contributed by atoms with Gasteiger partial charge < -0.3 is 14.8 Å². The van der Waals surface area contributed by atoms with Crippen molar-refractivity contribution in [1.29, 1.82) is 0 Å². The van der Waals surface area contributed by atoms with Gasteiger partial charge >= 0.3 is 0 Å². The molecule has 0 unspecified atom stereocenters. The first-order valence-corrected chi connectivity index (χ1v) is 10.4. The van der Waals surface area contributed by atoms with Crippen LogP contribution in [0.5, 0.6) is 11.5 Å². The fraction of sp³-hybridized carbons (Fsp3) is 0.208. The van der Waals surface area contributed by atoms with Crippen molar-refractivity contribution in [2.45, 2.75) is 20.0 Å². The minimum atomic E-state index is -0.376. The van der Waals surface area contributed by atoms with Gasteiger partial charge in [-0.05, 0) is 50.2 Å². The van der Waals surface area contributed by atoms with Gasteiger partial charge in [0.2, 0.25) is 0 Å². The predicted octanol–water partition coefficient (Wildman–Crippen LogP) is 3.99. The molecule has 9 nitrogen and oxygen atoms in total. The first kappa shape index (κ1) is 21.9. The minimum Gasteiger partial charge on any atom is -0.495 e. The van der Waals surface area contributed by atoms with Crippen molar-refractivity contribution >= 4 is 11.6 Å². The van der Waals surface area contributed by atoms with E-state index in [1.165, 1.54) is 0 Å². The maximum absolute atomic E-state index is 13.1. The summed E-state index contributed by atoms with van der Waals surface area (Å²) in [5.74, 6) is 0.842. The van der Waals surface area contributed by atoms with Crippen LogP contribution >= 0.6 is 0 Å². The number of aryl methyl sites for hydroxylation is 1. The molecule has 0 aromatic carbocycles. The van der Waals surface area contributed by atoms with E-state index >= 15 is 0 Å². The van der Waals surface area contributed by atoms with E-state index in [1.807, 2.05) is 26.0 Å². The Morgan fingerprint density at radius 1 is 1.09 bits per heavy atom. The van der Waals surface area contributed by atoms with Gasteiger partial charge in [-0.3, -0.25) is 19.4 Å². The number of ether oxygens (including phenoxy) is 2. The van der Waals surface area contributed by atoms with E-state index in [-0.39, 0.29) is 17.7 Å². The average Bonchev–Trinajstić information content (AvgIpc) is 3.19. The molecule has 1 N–H and O–H groups in total. The predicted molar refractivity (Wildman–Crippen MR) is 124 cm³/mol. The van der Waals surface area contributed by atoms with Crippen LogP contribution in [0, 0.1) is 0 Å². The van der Waals surface area contributed by atoms with Crippen LogP contribution in [0.3, 0.4) is 0 Å². The molecule has 0 aliphatic rings. The highest BCUT2D eigenvalue weighted by atomic mass is 16.5. The molecule has 0 spiro atoms. The van der Waals surface area contributed by atoms with Gasteiger partial charge in [-0.25, -0.2) is 4.98 Å². The van der Waals surface area contributed by atoms with Crippen LogP contribution in [0.25, 0.3) is 22.6 Å². The fourth-order valence-corrected chi connectivity index (χ4v) is 3.23. The molecule has 4 rings (SSSR count). The summed E-state index contributed by atoms with van der Waals surface area (Å²) in [6.45, 7) is 3.87. The number of aromatic nitrogens is 5. The van der Waals surface area contributed by atoms with Crippen molar-refractivity contribution in [2.24, 2.45) is 7.05 Å². The molecule has 0 fully saturated rings. The maximum atomic E-state index is 13.1. The number of rotatable bonds is 7. The topological polar surface area (TPSA) is 104 Å². The van der Waals surface area contributed by atoms with E-state index in [2.05, 4.69) is 25.4 Å². The number of hydrogen-bond acceptors (Lipinski definition) is 7. The number of nitrogens with zero attached hydrogens (tertiary/aromatic N) is 5. The Hall–Kier alpha value is -4.27. The maximum Gasteiger partial charge on any atom is 0.274 e. The third-order valence-electron chi connectivity index (χ3n) is 4.68.